The highest BCUT2D eigenvalue weighted by atomic mass is 35.5. The molecule has 25 heavy (non-hydrogen) atoms. The molecule has 11 heteroatoms. The van der Waals surface area contributed by atoms with Crippen LogP contribution in [0.15, 0.2) is 52.3 Å². The zero-order valence-corrected chi connectivity index (χ0v) is 15.2. The number of primary sulfonamides is 1. The van der Waals surface area contributed by atoms with Crippen molar-refractivity contribution in [3.63, 3.8) is 0 Å². The summed E-state index contributed by atoms with van der Waals surface area (Å²) in [6.45, 7) is 0. The van der Waals surface area contributed by atoms with Gasteiger partial charge in [0.25, 0.3) is 10.0 Å². The summed E-state index contributed by atoms with van der Waals surface area (Å²) in [5.41, 5.74) is -0.0448. The molecule has 134 valence electrons. The smallest absolute Gasteiger partial charge is 0.337 e. The molecule has 0 bridgehead atoms. The maximum Gasteiger partial charge on any atom is 0.337 e. The first kappa shape index (κ1) is 19.2. The normalized spacial score (nSPS) is 11.8. The molecule has 0 aliphatic rings. The first-order chi connectivity index (χ1) is 11.5. The predicted molar refractivity (Wildman–Crippen MR) is 91.4 cm³/mol. The lowest BCUT2D eigenvalue weighted by molar-refractivity contribution is 0.0600. The van der Waals surface area contributed by atoms with Crippen LogP contribution < -0.4 is 9.86 Å². The predicted octanol–water partition coefficient (Wildman–Crippen LogP) is 1.57. The summed E-state index contributed by atoms with van der Waals surface area (Å²) in [5.74, 6) is -0.732. The quantitative estimate of drug-likeness (QED) is 0.727. The molecule has 0 spiro atoms. The molecule has 0 saturated carbocycles. The number of ether oxygens (including phenoxy) is 1. The first-order valence-corrected chi connectivity index (χ1v) is 9.99. The van der Waals surface area contributed by atoms with Crippen molar-refractivity contribution in [3.05, 3.63) is 53.1 Å². The highest BCUT2D eigenvalue weighted by Crippen LogP contribution is 2.26. The van der Waals surface area contributed by atoms with Gasteiger partial charge in [0.05, 0.1) is 28.3 Å². The molecule has 2 aromatic rings. The molecule has 2 rings (SSSR count). The number of carbonyl (C=O) groups is 1. The minimum atomic E-state index is -4.20. The Kier molecular flexibility index (Phi) is 5.37. The Morgan fingerprint density at radius 3 is 2.40 bits per heavy atom. The fourth-order valence-electron chi connectivity index (χ4n) is 1.90. The van der Waals surface area contributed by atoms with Crippen molar-refractivity contribution in [1.29, 1.82) is 0 Å². The van der Waals surface area contributed by atoms with E-state index in [1.807, 2.05) is 0 Å². The van der Waals surface area contributed by atoms with E-state index in [-0.39, 0.29) is 26.1 Å². The van der Waals surface area contributed by atoms with Crippen LogP contribution in [-0.4, -0.2) is 29.9 Å². The number of sulfonamides is 2. The molecule has 0 heterocycles. The van der Waals surface area contributed by atoms with Gasteiger partial charge in [0.1, 0.15) is 4.90 Å². The Bertz CT molecular complexity index is 1040. The van der Waals surface area contributed by atoms with E-state index < -0.39 is 26.0 Å². The Hall–Kier alpha value is -2.14. The van der Waals surface area contributed by atoms with Gasteiger partial charge >= 0.3 is 5.97 Å². The minimum Gasteiger partial charge on any atom is -0.465 e. The molecule has 0 radical (unpaired) electrons. The van der Waals surface area contributed by atoms with Crippen molar-refractivity contribution in [2.45, 2.75) is 9.79 Å². The van der Waals surface area contributed by atoms with Crippen molar-refractivity contribution in [3.8, 4) is 0 Å². The van der Waals surface area contributed by atoms with Crippen molar-refractivity contribution in [2.24, 2.45) is 5.14 Å². The van der Waals surface area contributed by atoms with Crippen LogP contribution in [-0.2, 0) is 24.8 Å². The fraction of sp³-hybridized carbons (Fsp3) is 0.0714. The summed E-state index contributed by atoms with van der Waals surface area (Å²) in [4.78, 5) is 10.9. The Morgan fingerprint density at radius 2 is 1.80 bits per heavy atom. The number of nitrogens with one attached hydrogen (secondary N) is 1. The van der Waals surface area contributed by atoms with Gasteiger partial charge in [-0.2, -0.15) is 0 Å². The number of nitrogens with two attached hydrogens (primary N) is 1. The largest absolute Gasteiger partial charge is 0.465 e. The number of esters is 1. The topological polar surface area (TPSA) is 133 Å². The van der Waals surface area contributed by atoms with E-state index in [9.17, 15) is 21.6 Å². The number of hydrogen-bond acceptors (Lipinski definition) is 6. The lowest BCUT2D eigenvalue weighted by Gasteiger charge is -2.11. The number of benzene rings is 2. The molecular formula is C14H13ClN2O6S2. The van der Waals surface area contributed by atoms with Gasteiger partial charge in [-0.1, -0.05) is 17.7 Å². The molecule has 0 fully saturated rings. The molecule has 3 N–H and O–H groups in total. The van der Waals surface area contributed by atoms with Gasteiger partial charge < -0.3 is 4.74 Å². The molecule has 0 atom stereocenters. The van der Waals surface area contributed by atoms with Crippen LogP contribution in [0, 0.1) is 0 Å². The van der Waals surface area contributed by atoms with E-state index >= 15 is 0 Å². The molecular weight excluding hydrogens is 392 g/mol. The first-order valence-electron chi connectivity index (χ1n) is 6.58. The monoisotopic (exact) mass is 404 g/mol. The van der Waals surface area contributed by atoms with Crippen LogP contribution in [0.1, 0.15) is 10.4 Å². The van der Waals surface area contributed by atoms with Crippen LogP contribution in [0.3, 0.4) is 0 Å². The second-order valence-corrected chi connectivity index (χ2v) is 8.43. The number of rotatable bonds is 5. The standard InChI is InChI=1S/C14H13ClN2O6S2/c1-23-14(18)9-5-6-12(15)13(7-9)25(21,22)17-10-3-2-4-11(8-10)24(16,19)20/h2-8,17H,1H3,(H2,16,19,20). The van der Waals surface area contributed by atoms with Crippen molar-refractivity contribution >= 4 is 43.3 Å². The molecule has 0 unspecified atom stereocenters. The van der Waals surface area contributed by atoms with E-state index in [0.29, 0.717) is 0 Å². The van der Waals surface area contributed by atoms with E-state index in [0.717, 1.165) is 19.2 Å². The number of anilines is 1. The summed E-state index contributed by atoms with van der Waals surface area (Å²) in [6, 6.07) is 8.55. The van der Waals surface area contributed by atoms with Gasteiger partial charge in [0.2, 0.25) is 10.0 Å². The molecule has 8 nitrogen and oxygen atoms in total. The SMILES string of the molecule is COC(=O)c1ccc(Cl)c(S(=O)(=O)Nc2cccc(S(N)(=O)=O)c2)c1. The van der Waals surface area contributed by atoms with Gasteiger partial charge in [0.15, 0.2) is 0 Å². The molecule has 0 saturated heterocycles. The van der Waals surface area contributed by atoms with Crippen LogP contribution in [0.4, 0.5) is 5.69 Å². The Labute approximate surface area is 149 Å². The summed E-state index contributed by atoms with van der Waals surface area (Å²) in [6.07, 6.45) is 0. The van der Waals surface area contributed by atoms with Gasteiger partial charge in [-0.25, -0.2) is 26.8 Å². The van der Waals surface area contributed by atoms with E-state index in [4.69, 9.17) is 16.7 Å². The maximum absolute atomic E-state index is 12.5. The third-order valence-corrected chi connectivity index (χ3v) is 5.83. The van der Waals surface area contributed by atoms with E-state index in [1.165, 1.54) is 30.3 Å². The molecule has 0 aromatic heterocycles. The van der Waals surface area contributed by atoms with Crippen molar-refractivity contribution in [2.75, 3.05) is 11.8 Å². The number of carbonyl (C=O) groups excluding carboxylic acids is 1. The lowest BCUT2D eigenvalue weighted by atomic mass is 10.2. The van der Waals surface area contributed by atoms with E-state index in [1.54, 1.807) is 0 Å². The number of halogens is 1. The Balaban J connectivity index is 2.45. The van der Waals surface area contributed by atoms with Crippen molar-refractivity contribution < 1.29 is 26.4 Å². The molecule has 0 aliphatic carbocycles. The number of methoxy groups -OCH3 is 1. The highest BCUT2D eigenvalue weighted by molar-refractivity contribution is 7.92. The van der Waals surface area contributed by atoms with Gasteiger partial charge in [0, 0.05) is 0 Å². The van der Waals surface area contributed by atoms with Gasteiger partial charge in [-0.05, 0) is 36.4 Å². The molecule has 2 aromatic carbocycles. The van der Waals surface area contributed by atoms with Crippen molar-refractivity contribution in [1.82, 2.24) is 0 Å². The summed E-state index contributed by atoms with van der Waals surface area (Å²) >= 11 is 5.91. The number of hydrogen-bond donors (Lipinski definition) is 2. The summed E-state index contributed by atoms with van der Waals surface area (Å²) in [7, 11) is -7.04. The average molecular weight is 405 g/mol. The molecule has 0 amide bonds. The maximum atomic E-state index is 12.5. The zero-order chi connectivity index (χ0) is 18.8. The van der Waals surface area contributed by atoms with Crippen LogP contribution in [0.5, 0.6) is 0 Å². The highest BCUT2D eigenvalue weighted by Gasteiger charge is 2.21. The second-order valence-electron chi connectivity index (χ2n) is 4.82. The summed E-state index contributed by atoms with van der Waals surface area (Å²) in [5, 5.41) is 4.89. The van der Waals surface area contributed by atoms with Crippen LogP contribution in [0.25, 0.3) is 0 Å². The third-order valence-electron chi connectivity index (χ3n) is 3.06. The zero-order valence-electron chi connectivity index (χ0n) is 12.8. The van der Waals surface area contributed by atoms with Gasteiger partial charge in [-0.3, -0.25) is 4.72 Å². The molecule has 0 aliphatic heterocycles. The summed E-state index contributed by atoms with van der Waals surface area (Å²) < 4.78 is 54.5. The lowest BCUT2D eigenvalue weighted by Crippen LogP contribution is -2.16. The van der Waals surface area contributed by atoms with E-state index in [2.05, 4.69) is 9.46 Å². The average Bonchev–Trinajstić information content (AvgIpc) is 2.53. The van der Waals surface area contributed by atoms with Crippen LogP contribution in [0.2, 0.25) is 5.02 Å². The fourth-order valence-corrected chi connectivity index (χ4v) is 4.04. The Morgan fingerprint density at radius 1 is 1.12 bits per heavy atom. The van der Waals surface area contributed by atoms with Crippen LogP contribution >= 0.6 is 11.6 Å². The minimum absolute atomic E-state index is 0.00874. The third kappa shape index (κ3) is 4.48. The van der Waals surface area contributed by atoms with Gasteiger partial charge in [-0.15, -0.1) is 0 Å². The second kappa shape index (κ2) is 7.00.